The Bertz CT molecular complexity index is 1230. The van der Waals surface area contributed by atoms with Crippen molar-refractivity contribution in [3.8, 4) is 11.3 Å². The lowest BCUT2D eigenvalue weighted by molar-refractivity contribution is -0.193. The third-order valence-electron chi connectivity index (χ3n) is 5.25. The molecule has 1 aliphatic rings. The number of thiophene rings is 1. The Labute approximate surface area is 207 Å². The van der Waals surface area contributed by atoms with Crippen LogP contribution in [0, 0.1) is 0 Å². The zero-order valence-electron chi connectivity index (χ0n) is 18.1. The first kappa shape index (κ1) is 26.4. The van der Waals surface area contributed by atoms with Gasteiger partial charge in [0.05, 0.1) is 12.1 Å². The number of aromatic nitrogens is 3. The molecule has 3 heterocycles. The fourth-order valence-electron chi connectivity index (χ4n) is 3.74. The predicted octanol–water partition coefficient (Wildman–Crippen LogP) is 3.52. The molecule has 0 saturated carbocycles. The predicted molar refractivity (Wildman–Crippen MR) is 122 cm³/mol. The Kier molecular flexibility index (Phi) is 8.28. The number of ether oxygens (including phenoxy) is 1. The summed E-state index contributed by atoms with van der Waals surface area (Å²) in [5.41, 5.74) is 2.28. The average molecular weight is 529 g/mol. The number of nitrogens with zero attached hydrogens (tertiary/aromatic N) is 3. The first-order chi connectivity index (χ1) is 16.2. The van der Waals surface area contributed by atoms with Crippen molar-refractivity contribution in [1.82, 2.24) is 20.1 Å². The lowest BCUT2D eigenvalue weighted by Crippen LogP contribution is -2.30. The van der Waals surface area contributed by atoms with E-state index in [1.165, 1.54) is 16.0 Å². The molecular weight excluding hydrogens is 509 g/mol. The van der Waals surface area contributed by atoms with Crippen molar-refractivity contribution >= 4 is 41.6 Å². The van der Waals surface area contributed by atoms with Crippen LogP contribution in [0.3, 0.4) is 0 Å². The van der Waals surface area contributed by atoms with Gasteiger partial charge in [-0.3, -0.25) is 14.5 Å². The maximum absolute atomic E-state index is 12.7. The van der Waals surface area contributed by atoms with Crippen molar-refractivity contribution in [3.63, 3.8) is 0 Å². The van der Waals surface area contributed by atoms with Gasteiger partial charge in [-0.15, -0.1) is 23.7 Å². The zero-order chi connectivity index (χ0) is 24.3. The van der Waals surface area contributed by atoms with Crippen LogP contribution in [0.4, 0.5) is 13.2 Å². The number of carbonyl (C=O) groups excluding carboxylic acids is 3. The Balaban J connectivity index is 0.00000342. The lowest BCUT2D eigenvalue weighted by atomic mass is 9.90. The molecule has 4 rings (SSSR count). The molecule has 1 aliphatic carbocycles. The molecule has 0 atom stereocenters. The van der Waals surface area contributed by atoms with Gasteiger partial charge in [-0.1, -0.05) is 6.07 Å². The third kappa shape index (κ3) is 6.06. The molecule has 186 valence electrons. The molecule has 3 aromatic heterocycles. The fourth-order valence-corrected chi connectivity index (χ4v) is 4.44. The quantitative estimate of drug-likeness (QED) is 0.286. The number of nitrogens with one attached hydrogen (secondary N) is 1. The van der Waals surface area contributed by atoms with Crippen LogP contribution in [-0.4, -0.2) is 45.3 Å². The monoisotopic (exact) mass is 528 g/mol. The normalized spacial score (nSPS) is 12.2. The number of hydrogen-bond donors (Lipinski definition) is 1. The molecule has 0 spiro atoms. The second kappa shape index (κ2) is 11.0. The van der Waals surface area contributed by atoms with Crippen molar-refractivity contribution < 1.29 is 32.3 Å². The van der Waals surface area contributed by atoms with Gasteiger partial charge in [-0.2, -0.15) is 18.3 Å². The highest BCUT2D eigenvalue weighted by Gasteiger charge is 2.43. The number of rotatable bonds is 7. The third-order valence-corrected chi connectivity index (χ3v) is 6.12. The van der Waals surface area contributed by atoms with E-state index in [1.54, 1.807) is 18.5 Å². The van der Waals surface area contributed by atoms with Crippen molar-refractivity contribution in [3.05, 3.63) is 57.7 Å². The minimum Gasteiger partial charge on any atom is -0.381 e. The van der Waals surface area contributed by atoms with Crippen molar-refractivity contribution in [2.45, 2.75) is 38.4 Å². The minimum absolute atomic E-state index is 0. The van der Waals surface area contributed by atoms with E-state index in [0.717, 1.165) is 16.0 Å². The van der Waals surface area contributed by atoms with Crippen molar-refractivity contribution in [2.24, 2.45) is 0 Å². The number of halogens is 4. The molecule has 3 aromatic rings. The van der Waals surface area contributed by atoms with Crippen LogP contribution in [0.25, 0.3) is 11.3 Å². The van der Waals surface area contributed by atoms with E-state index in [-0.39, 0.29) is 43.5 Å². The second-order valence-electron chi connectivity index (χ2n) is 7.57. The highest BCUT2D eigenvalue weighted by molar-refractivity contribution is 7.10. The largest absolute Gasteiger partial charge is 0.491 e. The first-order valence-electron chi connectivity index (χ1n) is 10.4. The average Bonchev–Trinajstić information content (AvgIpc) is 3.43. The van der Waals surface area contributed by atoms with E-state index in [0.29, 0.717) is 30.5 Å². The molecule has 13 heteroatoms. The molecule has 0 fully saturated rings. The van der Waals surface area contributed by atoms with E-state index in [2.05, 4.69) is 20.1 Å². The number of alkyl halides is 3. The molecule has 8 nitrogen and oxygen atoms in total. The van der Waals surface area contributed by atoms with Crippen LogP contribution in [-0.2, 0) is 40.1 Å². The van der Waals surface area contributed by atoms with Crippen LogP contribution in [0.1, 0.15) is 32.9 Å². The van der Waals surface area contributed by atoms with Crippen LogP contribution >= 0.6 is 23.7 Å². The van der Waals surface area contributed by atoms with Crippen LogP contribution in [0.15, 0.2) is 36.0 Å². The first-order valence-corrected chi connectivity index (χ1v) is 11.3. The summed E-state index contributed by atoms with van der Waals surface area (Å²) in [5.74, 6) is -4.16. The molecule has 0 saturated heterocycles. The molecule has 0 bridgehead atoms. The number of hydrogen-bond acceptors (Lipinski definition) is 7. The fraction of sp³-hybridized carbons (Fsp3) is 0.318. The van der Waals surface area contributed by atoms with Crippen LogP contribution in [0.2, 0.25) is 0 Å². The van der Waals surface area contributed by atoms with Gasteiger partial charge in [0.15, 0.2) is 5.69 Å². The molecule has 0 unspecified atom stereocenters. The minimum atomic E-state index is -5.30. The molecule has 0 aliphatic heterocycles. The maximum Gasteiger partial charge on any atom is 0.491 e. The number of fused-ring (bicyclic) bond motifs is 3. The Morgan fingerprint density at radius 3 is 2.71 bits per heavy atom. The smallest absolute Gasteiger partial charge is 0.381 e. The SMILES string of the molecule is Cl.O=C(Cc1cccs1)NCCCn1nc2c(c1C(=O)OC(=O)C(F)(F)F)CCc1cnccc1-2. The van der Waals surface area contributed by atoms with Gasteiger partial charge in [-0.25, -0.2) is 9.59 Å². The van der Waals surface area contributed by atoms with Gasteiger partial charge in [0, 0.05) is 41.5 Å². The number of amides is 1. The Morgan fingerprint density at radius 2 is 2.00 bits per heavy atom. The summed E-state index contributed by atoms with van der Waals surface area (Å²) in [6.45, 7) is 0.391. The summed E-state index contributed by atoms with van der Waals surface area (Å²) in [5, 5.41) is 9.09. The molecule has 0 radical (unpaired) electrons. The van der Waals surface area contributed by atoms with Gasteiger partial charge >= 0.3 is 18.1 Å². The van der Waals surface area contributed by atoms with E-state index < -0.39 is 18.1 Å². The summed E-state index contributed by atoms with van der Waals surface area (Å²) >= 11 is 1.47. The van der Waals surface area contributed by atoms with Crippen molar-refractivity contribution in [2.75, 3.05) is 6.54 Å². The molecule has 0 aromatic carbocycles. The standard InChI is InChI=1S/C22H19F3N4O4S.ClH/c23-22(24,25)21(32)33-20(31)19-16-5-4-13-12-26-8-6-15(13)18(16)28-29(19)9-2-7-27-17(30)11-14-3-1-10-34-14;/h1,3,6,8,10,12H,2,4-5,7,9,11H2,(H,27,30);1H. The topological polar surface area (TPSA) is 103 Å². The molecule has 1 N–H and O–H groups in total. The highest BCUT2D eigenvalue weighted by Crippen LogP contribution is 2.34. The van der Waals surface area contributed by atoms with Gasteiger partial charge in [-0.05, 0) is 42.3 Å². The Morgan fingerprint density at radius 1 is 1.20 bits per heavy atom. The highest BCUT2D eigenvalue weighted by atomic mass is 35.5. The summed E-state index contributed by atoms with van der Waals surface area (Å²) in [4.78, 5) is 40.9. The van der Waals surface area contributed by atoms with Crippen LogP contribution < -0.4 is 5.32 Å². The Hall–Kier alpha value is -3.25. The van der Waals surface area contributed by atoms with E-state index >= 15 is 0 Å². The molecule has 1 amide bonds. The number of aryl methyl sites for hydroxylation is 2. The van der Waals surface area contributed by atoms with Gasteiger partial charge < -0.3 is 10.1 Å². The second-order valence-corrected chi connectivity index (χ2v) is 8.60. The van der Waals surface area contributed by atoms with E-state index in [4.69, 9.17) is 0 Å². The van der Waals surface area contributed by atoms with Gasteiger partial charge in [0.25, 0.3) is 0 Å². The molecular formula is C22H20ClF3N4O4S. The van der Waals surface area contributed by atoms with E-state index in [9.17, 15) is 27.6 Å². The summed E-state index contributed by atoms with van der Waals surface area (Å²) in [7, 11) is 0. The summed E-state index contributed by atoms with van der Waals surface area (Å²) < 4.78 is 43.3. The van der Waals surface area contributed by atoms with E-state index in [1.807, 2.05) is 17.5 Å². The van der Waals surface area contributed by atoms with Crippen molar-refractivity contribution in [1.29, 1.82) is 0 Å². The zero-order valence-corrected chi connectivity index (χ0v) is 19.8. The number of pyridine rings is 1. The number of carbonyl (C=O) groups is 3. The van der Waals surface area contributed by atoms with Gasteiger partial charge in [0.2, 0.25) is 5.91 Å². The maximum atomic E-state index is 12.7. The summed E-state index contributed by atoms with van der Waals surface area (Å²) in [6.07, 6.45) is -0.633. The lowest BCUT2D eigenvalue weighted by Gasteiger charge is -2.15. The number of esters is 2. The van der Waals surface area contributed by atoms with Gasteiger partial charge in [0.1, 0.15) is 0 Å². The summed E-state index contributed by atoms with van der Waals surface area (Å²) in [6, 6.07) is 5.42. The van der Waals surface area contributed by atoms with Crippen LogP contribution in [0.5, 0.6) is 0 Å². The molecule has 35 heavy (non-hydrogen) atoms.